The molecule has 0 saturated carbocycles. The van der Waals surface area contributed by atoms with E-state index in [0.29, 0.717) is 12.0 Å². The molecule has 0 aliphatic heterocycles. The Balaban J connectivity index is 2.23. The molecule has 0 spiro atoms. The van der Waals surface area contributed by atoms with Crippen LogP contribution in [0, 0.1) is 5.82 Å². The van der Waals surface area contributed by atoms with Crippen LogP contribution >= 0.6 is 0 Å². The summed E-state index contributed by atoms with van der Waals surface area (Å²) >= 11 is 0. The Morgan fingerprint density at radius 2 is 1.46 bits per heavy atom. The van der Waals surface area contributed by atoms with E-state index >= 15 is 0 Å². The van der Waals surface area contributed by atoms with Crippen LogP contribution in [-0.2, 0) is 12.8 Å². The van der Waals surface area contributed by atoms with Crippen molar-refractivity contribution in [1.82, 2.24) is 0 Å². The fourth-order valence-electron chi connectivity index (χ4n) is 2.59. The van der Waals surface area contributed by atoms with Crippen LogP contribution in [0.15, 0.2) is 42.5 Å². The Morgan fingerprint density at radius 3 is 2.04 bits per heavy atom. The highest BCUT2D eigenvalue weighted by molar-refractivity contribution is 5.83. The van der Waals surface area contributed by atoms with Crippen molar-refractivity contribution in [2.75, 3.05) is 0 Å². The summed E-state index contributed by atoms with van der Waals surface area (Å²) in [4.78, 5) is 0. The van der Waals surface area contributed by atoms with Crippen molar-refractivity contribution in [2.45, 2.75) is 46.0 Å². The van der Waals surface area contributed by atoms with Crippen LogP contribution in [0.5, 0.6) is 0 Å². The van der Waals surface area contributed by atoms with E-state index in [1.54, 1.807) is 30.3 Å². The van der Waals surface area contributed by atoms with Gasteiger partial charge in [-0.25, -0.2) is 13.2 Å². The molecule has 0 fully saturated rings. The molecular weight excluding hydrogens is 309 g/mol. The van der Waals surface area contributed by atoms with E-state index in [0.717, 1.165) is 37.3 Å². The lowest BCUT2D eigenvalue weighted by Crippen LogP contribution is -1.93. The van der Waals surface area contributed by atoms with E-state index in [-0.39, 0.29) is 11.1 Å². The first kappa shape index (κ1) is 18.3. The van der Waals surface area contributed by atoms with Crippen LogP contribution in [0.2, 0.25) is 0 Å². The summed E-state index contributed by atoms with van der Waals surface area (Å²) in [5.74, 6) is -2.47. The molecule has 2 aromatic carbocycles. The zero-order valence-corrected chi connectivity index (χ0v) is 14.2. The van der Waals surface area contributed by atoms with Crippen molar-refractivity contribution in [1.29, 1.82) is 0 Å². The van der Waals surface area contributed by atoms with Gasteiger partial charge in [-0.3, -0.25) is 0 Å². The Bertz CT molecular complexity index is 700. The minimum absolute atomic E-state index is 0.0659. The molecule has 0 aromatic heterocycles. The zero-order chi connectivity index (χ0) is 17.5. The van der Waals surface area contributed by atoms with Gasteiger partial charge >= 0.3 is 0 Å². The molecule has 0 aliphatic rings. The summed E-state index contributed by atoms with van der Waals surface area (Å²) in [6, 6.07) is 10.7. The topological polar surface area (TPSA) is 0 Å². The summed E-state index contributed by atoms with van der Waals surface area (Å²) in [6.45, 7) is 4.07. The van der Waals surface area contributed by atoms with Gasteiger partial charge in [-0.05, 0) is 36.5 Å². The number of rotatable bonds is 7. The molecule has 0 aliphatic carbocycles. The van der Waals surface area contributed by atoms with Gasteiger partial charge in [0.2, 0.25) is 0 Å². The Kier molecular flexibility index (Phi) is 6.65. The molecule has 0 radical (unpaired) electrons. The minimum Gasteiger partial charge on any atom is -0.207 e. The second kappa shape index (κ2) is 8.72. The number of hydrogen-bond donors (Lipinski definition) is 0. The Labute approximate surface area is 142 Å². The average molecular weight is 332 g/mol. The maximum absolute atomic E-state index is 14.4. The molecule has 3 heteroatoms. The Morgan fingerprint density at radius 1 is 0.833 bits per heavy atom. The van der Waals surface area contributed by atoms with Gasteiger partial charge in [0.15, 0.2) is 11.7 Å². The minimum atomic E-state index is -1.03. The van der Waals surface area contributed by atoms with Crippen molar-refractivity contribution in [3.63, 3.8) is 0 Å². The number of benzene rings is 2. The smallest absolute Gasteiger partial charge is 0.166 e. The van der Waals surface area contributed by atoms with Crippen molar-refractivity contribution < 1.29 is 13.2 Å². The van der Waals surface area contributed by atoms with Gasteiger partial charge in [-0.1, -0.05) is 63.1 Å². The summed E-state index contributed by atoms with van der Waals surface area (Å²) in [5.41, 5.74) is 1.70. The van der Waals surface area contributed by atoms with Crippen molar-refractivity contribution in [3.05, 3.63) is 70.5 Å². The average Bonchev–Trinajstić information content (AvgIpc) is 2.62. The van der Waals surface area contributed by atoms with Gasteiger partial charge in [0, 0.05) is 11.1 Å². The maximum atomic E-state index is 14.4. The van der Waals surface area contributed by atoms with Gasteiger partial charge < -0.3 is 0 Å². The zero-order valence-electron chi connectivity index (χ0n) is 14.2. The first-order valence-corrected chi connectivity index (χ1v) is 8.50. The lowest BCUT2D eigenvalue weighted by molar-refractivity contribution is 0.597. The molecule has 24 heavy (non-hydrogen) atoms. The molecule has 2 rings (SSSR count). The molecule has 0 heterocycles. The van der Waals surface area contributed by atoms with Crippen molar-refractivity contribution >= 4 is 11.7 Å². The summed E-state index contributed by atoms with van der Waals surface area (Å²) in [5, 5.41) is 0. The molecule has 0 N–H and O–H groups in total. The quantitative estimate of drug-likeness (QED) is 0.383. The van der Waals surface area contributed by atoms with E-state index in [1.165, 1.54) is 6.07 Å². The second-order valence-electron chi connectivity index (χ2n) is 5.94. The van der Waals surface area contributed by atoms with Gasteiger partial charge in [-0.15, -0.1) is 0 Å². The number of aryl methyl sites for hydroxylation is 2. The third kappa shape index (κ3) is 4.50. The van der Waals surface area contributed by atoms with Crippen LogP contribution in [0.3, 0.4) is 0 Å². The van der Waals surface area contributed by atoms with Crippen molar-refractivity contribution in [2.24, 2.45) is 0 Å². The molecular formula is C21H23F3. The van der Waals surface area contributed by atoms with E-state index in [4.69, 9.17) is 0 Å². The van der Waals surface area contributed by atoms with Crippen LogP contribution < -0.4 is 0 Å². The normalized spacial score (nSPS) is 12.2. The van der Waals surface area contributed by atoms with Crippen LogP contribution in [-0.4, -0.2) is 0 Å². The van der Waals surface area contributed by atoms with Gasteiger partial charge in [0.05, 0.1) is 0 Å². The Hall–Kier alpha value is -2.03. The van der Waals surface area contributed by atoms with Crippen LogP contribution in [0.1, 0.15) is 55.4 Å². The molecule has 0 saturated heterocycles. The highest BCUT2D eigenvalue weighted by atomic mass is 19.2. The van der Waals surface area contributed by atoms with E-state index in [2.05, 4.69) is 6.92 Å². The second-order valence-corrected chi connectivity index (χ2v) is 5.94. The third-order valence-electron chi connectivity index (χ3n) is 4.16. The largest absolute Gasteiger partial charge is 0.207 e. The lowest BCUT2D eigenvalue weighted by atomic mass is 10.0. The van der Waals surface area contributed by atoms with Crippen molar-refractivity contribution in [3.8, 4) is 0 Å². The molecule has 0 bridgehead atoms. The lowest BCUT2D eigenvalue weighted by Gasteiger charge is -2.07. The molecule has 2 aromatic rings. The van der Waals surface area contributed by atoms with Crippen LogP contribution in [0.25, 0.3) is 11.7 Å². The SMILES string of the molecule is CCCCCc1ccc(/C(F)=C(\F)c2ccc(CC)cc2)cc1F. The van der Waals surface area contributed by atoms with E-state index in [9.17, 15) is 13.2 Å². The standard InChI is InChI=1S/C21H23F3/c1-3-5-6-7-16-12-13-18(14-19(16)22)21(24)20(23)17-10-8-15(4-2)9-11-17/h8-14H,3-7H2,1-2H3/b21-20+. The fraction of sp³-hybridized carbons (Fsp3) is 0.333. The van der Waals surface area contributed by atoms with E-state index in [1.807, 2.05) is 6.92 Å². The highest BCUT2D eigenvalue weighted by Gasteiger charge is 2.13. The number of halogens is 3. The predicted molar refractivity (Wildman–Crippen MR) is 94.5 cm³/mol. The molecule has 128 valence electrons. The first-order valence-electron chi connectivity index (χ1n) is 8.50. The predicted octanol–water partition coefficient (Wildman–Crippen LogP) is 6.89. The molecule has 0 atom stereocenters. The van der Waals surface area contributed by atoms with Gasteiger partial charge in [-0.2, -0.15) is 0 Å². The van der Waals surface area contributed by atoms with Gasteiger partial charge in [0.1, 0.15) is 5.82 Å². The molecule has 0 nitrogen and oxygen atoms in total. The summed E-state index contributed by atoms with van der Waals surface area (Å²) < 4.78 is 42.8. The molecule has 0 unspecified atom stereocenters. The fourth-order valence-corrected chi connectivity index (χ4v) is 2.59. The molecule has 0 amide bonds. The maximum Gasteiger partial charge on any atom is 0.166 e. The summed E-state index contributed by atoms with van der Waals surface area (Å²) in [6.07, 6.45) is 4.42. The third-order valence-corrected chi connectivity index (χ3v) is 4.16. The van der Waals surface area contributed by atoms with E-state index < -0.39 is 17.5 Å². The number of hydrogen-bond acceptors (Lipinski definition) is 0. The number of unbranched alkanes of at least 4 members (excludes halogenated alkanes) is 2. The highest BCUT2D eigenvalue weighted by Crippen LogP contribution is 2.30. The summed E-state index contributed by atoms with van der Waals surface area (Å²) in [7, 11) is 0. The monoisotopic (exact) mass is 332 g/mol. The first-order chi connectivity index (χ1) is 11.6. The van der Waals surface area contributed by atoms with Crippen LogP contribution in [0.4, 0.5) is 13.2 Å². The van der Waals surface area contributed by atoms with Gasteiger partial charge in [0.25, 0.3) is 0 Å².